The molecule has 0 spiro atoms. The van der Waals surface area contributed by atoms with E-state index in [4.69, 9.17) is 4.74 Å². The number of para-hydroxylation sites is 1. The normalized spacial score (nSPS) is 9.95. The molecule has 1 aromatic heterocycles. The summed E-state index contributed by atoms with van der Waals surface area (Å²) in [5, 5.41) is 0. The molecule has 0 saturated carbocycles. The van der Waals surface area contributed by atoms with Crippen LogP contribution in [0.3, 0.4) is 0 Å². The third-order valence-electron chi connectivity index (χ3n) is 3.08. The van der Waals surface area contributed by atoms with Crippen LogP contribution >= 0.6 is 0 Å². The number of ether oxygens (including phenoxy) is 1. The first-order chi connectivity index (χ1) is 10.3. The predicted octanol–water partition coefficient (Wildman–Crippen LogP) is 5.88. The quantitative estimate of drug-likeness (QED) is 0.661. The number of aryl methyl sites for hydroxylation is 1. The van der Waals surface area contributed by atoms with Crippen molar-refractivity contribution in [3.63, 3.8) is 0 Å². The van der Waals surface area contributed by atoms with Gasteiger partial charge in [-0.1, -0.05) is 52.3 Å². The summed E-state index contributed by atoms with van der Waals surface area (Å²) < 4.78 is 5.93. The van der Waals surface area contributed by atoms with Crippen LogP contribution in [-0.4, -0.2) is 4.98 Å². The van der Waals surface area contributed by atoms with Gasteiger partial charge in [0.2, 0.25) is 0 Å². The van der Waals surface area contributed by atoms with Gasteiger partial charge in [0, 0.05) is 12.4 Å². The molecule has 0 aliphatic rings. The molecule has 2 nitrogen and oxygen atoms in total. The molecule has 2 rings (SSSR count). The van der Waals surface area contributed by atoms with Crippen molar-refractivity contribution in [1.29, 1.82) is 0 Å². The van der Waals surface area contributed by atoms with E-state index in [1.165, 1.54) is 18.4 Å². The lowest BCUT2D eigenvalue weighted by Crippen LogP contribution is -1.94. The lowest BCUT2D eigenvalue weighted by molar-refractivity contribution is 0.471. The van der Waals surface area contributed by atoms with Gasteiger partial charge in [0.25, 0.3) is 0 Å². The number of aromatic nitrogens is 1. The van der Waals surface area contributed by atoms with Crippen LogP contribution in [0.15, 0.2) is 48.8 Å². The molecular weight excluding hydrogens is 258 g/mol. The average molecular weight is 285 g/mol. The first-order valence-electron chi connectivity index (χ1n) is 7.91. The maximum absolute atomic E-state index is 5.93. The minimum Gasteiger partial charge on any atom is -0.457 e. The summed E-state index contributed by atoms with van der Waals surface area (Å²) in [6, 6.07) is 12.0. The molecule has 0 amide bonds. The zero-order valence-corrected chi connectivity index (χ0v) is 13.7. The predicted molar refractivity (Wildman–Crippen MR) is 89.9 cm³/mol. The van der Waals surface area contributed by atoms with Crippen molar-refractivity contribution < 1.29 is 4.74 Å². The molecule has 0 aliphatic carbocycles. The number of hydrogen-bond donors (Lipinski definition) is 0. The zero-order valence-electron chi connectivity index (χ0n) is 13.7. The summed E-state index contributed by atoms with van der Waals surface area (Å²) in [5.74, 6) is 2.55. The van der Waals surface area contributed by atoms with Crippen LogP contribution in [-0.2, 0) is 6.42 Å². The van der Waals surface area contributed by atoms with E-state index >= 15 is 0 Å². The van der Waals surface area contributed by atoms with Crippen molar-refractivity contribution in [1.82, 2.24) is 4.98 Å². The Balaban J connectivity index is 0.00000106. The second-order valence-corrected chi connectivity index (χ2v) is 5.18. The third kappa shape index (κ3) is 6.44. The lowest BCUT2D eigenvalue weighted by atomic mass is 10.0. The fourth-order valence-electron chi connectivity index (χ4n) is 2.04. The summed E-state index contributed by atoms with van der Waals surface area (Å²) in [7, 11) is 0. The van der Waals surface area contributed by atoms with E-state index in [1.807, 2.05) is 38.1 Å². The Bertz CT molecular complexity index is 494. The van der Waals surface area contributed by atoms with Gasteiger partial charge in [-0.3, -0.25) is 4.98 Å². The topological polar surface area (TPSA) is 22.1 Å². The Hall–Kier alpha value is -1.83. The molecule has 1 aromatic carbocycles. The van der Waals surface area contributed by atoms with E-state index in [1.54, 1.807) is 12.4 Å². The van der Waals surface area contributed by atoms with Crippen LogP contribution in [0.5, 0.6) is 11.5 Å². The minimum absolute atomic E-state index is 0.758. The van der Waals surface area contributed by atoms with Crippen molar-refractivity contribution in [3.8, 4) is 11.5 Å². The Morgan fingerprint density at radius 1 is 1.00 bits per heavy atom. The van der Waals surface area contributed by atoms with Crippen molar-refractivity contribution >= 4 is 0 Å². The van der Waals surface area contributed by atoms with Gasteiger partial charge in [-0.25, -0.2) is 0 Å². The monoisotopic (exact) mass is 285 g/mol. The third-order valence-corrected chi connectivity index (χ3v) is 3.08. The molecule has 21 heavy (non-hydrogen) atoms. The largest absolute Gasteiger partial charge is 0.457 e. The van der Waals surface area contributed by atoms with E-state index in [0.29, 0.717) is 0 Å². The van der Waals surface area contributed by atoms with Crippen LogP contribution in [0.4, 0.5) is 0 Å². The Morgan fingerprint density at radius 3 is 2.33 bits per heavy atom. The van der Waals surface area contributed by atoms with Gasteiger partial charge in [-0.2, -0.15) is 0 Å². The van der Waals surface area contributed by atoms with Gasteiger partial charge in [0.15, 0.2) is 0 Å². The number of rotatable bonds is 6. The SMILES string of the molecule is CC.CC(C)CCCc1ccccc1Oc1ccncc1. The van der Waals surface area contributed by atoms with Crippen LogP contribution in [0.1, 0.15) is 46.1 Å². The molecule has 0 unspecified atom stereocenters. The molecule has 0 radical (unpaired) electrons. The van der Waals surface area contributed by atoms with Crippen LogP contribution in [0, 0.1) is 5.92 Å². The summed E-state index contributed by atoms with van der Waals surface area (Å²) in [4.78, 5) is 4.00. The Morgan fingerprint density at radius 2 is 1.67 bits per heavy atom. The molecule has 0 bridgehead atoms. The highest BCUT2D eigenvalue weighted by Crippen LogP contribution is 2.26. The van der Waals surface area contributed by atoms with Crippen LogP contribution < -0.4 is 4.74 Å². The molecule has 0 saturated heterocycles. The van der Waals surface area contributed by atoms with Gasteiger partial charge in [-0.15, -0.1) is 0 Å². The number of hydrogen-bond acceptors (Lipinski definition) is 2. The number of benzene rings is 1. The van der Waals surface area contributed by atoms with E-state index < -0.39 is 0 Å². The molecule has 2 aromatic rings. The highest BCUT2D eigenvalue weighted by Gasteiger charge is 2.04. The van der Waals surface area contributed by atoms with Crippen LogP contribution in [0.2, 0.25) is 0 Å². The average Bonchev–Trinajstić information content (AvgIpc) is 2.52. The first kappa shape index (κ1) is 17.2. The second kappa shape index (κ2) is 9.98. The molecule has 0 N–H and O–H groups in total. The maximum atomic E-state index is 5.93. The molecule has 114 valence electrons. The summed E-state index contributed by atoms with van der Waals surface area (Å²) in [6.07, 6.45) is 7.02. The van der Waals surface area contributed by atoms with E-state index in [2.05, 4.69) is 31.0 Å². The molecule has 1 heterocycles. The Kier molecular flexibility index (Phi) is 8.18. The smallest absolute Gasteiger partial charge is 0.130 e. The highest BCUT2D eigenvalue weighted by molar-refractivity contribution is 5.37. The number of pyridine rings is 1. The van der Waals surface area contributed by atoms with Gasteiger partial charge in [-0.05, 0) is 42.5 Å². The summed E-state index contributed by atoms with van der Waals surface area (Å²) in [6.45, 7) is 8.53. The molecular formula is C19H27NO. The molecule has 0 fully saturated rings. The first-order valence-corrected chi connectivity index (χ1v) is 7.91. The van der Waals surface area contributed by atoms with E-state index in [0.717, 1.165) is 23.8 Å². The van der Waals surface area contributed by atoms with Crippen molar-refractivity contribution in [2.45, 2.75) is 47.0 Å². The lowest BCUT2D eigenvalue weighted by Gasteiger charge is -2.11. The fraction of sp³-hybridized carbons (Fsp3) is 0.421. The minimum atomic E-state index is 0.758. The van der Waals surface area contributed by atoms with Gasteiger partial charge in [0.05, 0.1) is 0 Å². The van der Waals surface area contributed by atoms with E-state index in [9.17, 15) is 0 Å². The Labute approximate surface area is 129 Å². The molecule has 2 heteroatoms. The summed E-state index contributed by atoms with van der Waals surface area (Å²) >= 11 is 0. The fourth-order valence-corrected chi connectivity index (χ4v) is 2.04. The molecule has 0 atom stereocenters. The second-order valence-electron chi connectivity index (χ2n) is 5.18. The summed E-state index contributed by atoms with van der Waals surface area (Å²) in [5.41, 5.74) is 1.28. The van der Waals surface area contributed by atoms with Crippen molar-refractivity contribution in [2.75, 3.05) is 0 Å². The van der Waals surface area contributed by atoms with E-state index in [-0.39, 0.29) is 0 Å². The molecule has 0 aliphatic heterocycles. The van der Waals surface area contributed by atoms with Gasteiger partial charge in [0.1, 0.15) is 11.5 Å². The highest BCUT2D eigenvalue weighted by atomic mass is 16.5. The maximum Gasteiger partial charge on any atom is 0.130 e. The van der Waals surface area contributed by atoms with Crippen molar-refractivity contribution in [3.05, 3.63) is 54.4 Å². The van der Waals surface area contributed by atoms with Crippen LogP contribution in [0.25, 0.3) is 0 Å². The van der Waals surface area contributed by atoms with Crippen molar-refractivity contribution in [2.24, 2.45) is 5.92 Å². The zero-order chi connectivity index (χ0) is 15.5. The van der Waals surface area contributed by atoms with Gasteiger partial charge >= 0.3 is 0 Å². The van der Waals surface area contributed by atoms with Gasteiger partial charge < -0.3 is 4.74 Å². The standard InChI is InChI=1S/C17H21NO.C2H6/c1-14(2)6-5-8-15-7-3-4-9-17(15)19-16-10-12-18-13-11-16;1-2/h3-4,7,9-14H,5-6,8H2,1-2H3;1-2H3. The number of nitrogens with zero attached hydrogens (tertiary/aromatic N) is 1.